The summed E-state index contributed by atoms with van der Waals surface area (Å²) in [6, 6.07) is 7.48. The van der Waals surface area contributed by atoms with E-state index >= 15 is 0 Å². The van der Waals surface area contributed by atoms with Crippen LogP contribution >= 0.6 is 0 Å². The van der Waals surface area contributed by atoms with Crippen LogP contribution < -0.4 is 16.2 Å². The van der Waals surface area contributed by atoms with Crippen molar-refractivity contribution in [2.75, 3.05) is 25.0 Å². The zero-order valence-corrected chi connectivity index (χ0v) is 10.5. The van der Waals surface area contributed by atoms with Crippen molar-refractivity contribution < 1.29 is 0 Å². The van der Waals surface area contributed by atoms with Gasteiger partial charge in [0.05, 0.1) is 5.39 Å². The van der Waals surface area contributed by atoms with Crippen molar-refractivity contribution in [2.24, 2.45) is 0 Å². The van der Waals surface area contributed by atoms with Gasteiger partial charge in [0, 0.05) is 11.9 Å². The summed E-state index contributed by atoms with van der Waals surface area (Å²) in [5.41, 5.74) is -0.149. The SMILES string of the molecule is CCNCCCNc1n[nH]c(=O)c2ccccc12. The number of rotatable bonds is 6. The molecule has 5 nitrogen and oxygen atoms in total. The molecule has 0 saturated heterocycles. The summed E-state index contributed by atoms with van der Waals surface area (Å²) in [6.45, 7) is 4.88. The molecule has 96 valence electrons. The quantitative estimate of drug-likeness (QED) is 0.673. The second-order valence-electron chi connectivity index (χ2n) is 4.08. The van der Waals surface area contributed by atoms with Gasteiger partial charge in [-0.3, -0.25) is 4.79 Å². The van der Waals surface area contributed by atoms with E-state index in [4.69, 9.17) is 0 Å². The number of anilines is 1. The molecule has 0 spiro atoms. The van der Waals surface area contributed by atoms with Crippen molar-refractivity contribution in [3.8, 4) is 0 Å². The van der Waals surface area contributed by atoms with E-state index in [1.807, 2.05) is 18.2 Å². The van der Waals surface area contributed by atoms with Crippen molar-refractivity contribution in [1.82, 2.24) is 15.5 Å². The van der Waals surface area contributed by atoms with E-state index in [9.17, 15) is 4.79 Å². The highest BCUT2D eigenvalue weighted by Crippen LogP contribution is 2.16. The molecule has 1 heterocycles. The lowest BCUT2D eigenvalue weighted by Crippen LogP contribution is -2.18. The van der Waals surface area contributed by atoms with E-state index < -0.39 is 0 Å². The first-order valence-electron chi connectivity index (χ1n) is 6.25. The molecule has 5 heteroatoms. The number of H-pyrrole nitrogens is 1. The zero-order valence-electron chi connectivity index (χ0n) is 10.5. The molecular formula is C13H18N4O. The predicted octanol–water partition coefficient (Wildman–Crippen LogP) is 1.33. The molecule has 0 radical (unpaired) electrons. The Labute approximate surface area is 106 Å². The van der Waals surface area contributed by atoms with Crippen LogP contribution in [0.3, 0.4) is 0 Å². The third-order valence-corrected chi connectivity index (χ3v) is 2.77. The Morgan fingerprint density at radius 3 is 2.78 bits per heavy atom. The molecule has 1 aromatic carbocycles. The van der Waals surface area contributed by atoms with Gasteiger partial charge < -0.3 is 10.6 Å². The second-order valence-corrected chi connectivity index (χ2v) is 4.08. The molecule has 1 aromatic heterocycles. The number of nitrogens with zero attached hydrogens (tertiary/aromatic N) is 1. The summed E-state index contributed by atoms with van der Waals surface area (Å²) >= 11 is 0. The highest BCUT2D eigenvalue weighted by atomic mass is 16.1. The molecule has 0 fully saturated rings. The number of nitrogens with one attached hydrogen (secondary N) is 3. The van der Waals surface area contributed by atoms with Gasteiger partial charge in [-0.1, -0.05) is 25.1 Å². The highest BCUT2D eigenvalue weighted by molar-refractivity contribution is 5.90. The van der Waals surface area contributed by atoms with E-state index in [0.29, 0.717) is 5.39 Å². The van der Waals surface area contributed by atoms with Gasteiger partial charge in [0.1, 0.15) is 0 Å². The zero-order chi connectivity index (χ0) is 12.8. The van der Waals surface area contributed by atoms with Crippen LogP contribution in [-0.2, 0) is 0 Å². The molecule has 0 bridgehead atoms. The first-order chi connectivity index (χ1) is 8.83. The maximum atomic E-state index is 11.6. The Morgan fingerprint density at radius 2 is 2.00 bits per heavy atom. The summed E-state index contributed by atoms with van der Waals surface area (Å²) < 4.78 is 0. The third-order valence-electron chi connectivity index (χ3n) is 2.77. The van der Waals surface area contributed by atoms with Gasteiger partial charge in [-0.05, 0) is 25.6 Å². The smallest absolute Gasteiger partial charge is 0.272 e. The average molecular weight is 246 g/mol. The molecule has 0 saturated carbocycles. The Kier molecular flexibility index (Phi) is 4.30. The van der Waals surface area contributed by atoms with Crippen LogP contribution in [0.5, 0.6) is 0 Å². The lowest BCUT2D eigenvalue weighted by Gasteiger charge is -2.07. The molecular weight excluding hydrogens is 228 g/mol. The van der Waals surface area contributed by atoms with Gasteiger partial charge in [0.15, 0.2) is 5.82 Å². The van der Waals surface area contributed by atoms with Crippen LogP contribution in [0.1, 0.15) is 13.3 Å². The van der Waals surface area contributed by atoms with Crippen LogP contribution in [0.15, 0.2) is 29.1 Å². The summed E-state index contributed by atoms with van der Waals surface area (Å²) in [4.78, 5) is 11.6. The minimum absolute atomic E-state index is 0.149. The Bertz CT molecular complexity index is 564. The number of hydrogen-bond donors (Lipinski definition) is 3. The lowest BCUT2D eigenvalue weighted by atomic mass is 10.2. The van der Waals surface area contributed by atoms with Crippen LogP contribution in [0.25, 0.3) is 10.8 Å². The number of fused-ring (bicyclic) bond motifs is 1. The topological polar surface area (TPSA) is 69.8 Å². The minimum Gasteiger partial charge on any atom is -0.368 e. The molecule has 0 amide bonds. The highest BCUT2D eigenvalue weighted by Gasteiger charge is 2.04. The molecule has 2 rings (SSSR count). The molecule has 3 N–H and O–H groups in total. The van der Waals surface area contributed by atoms with Crippen LogP contribution in [0.2, 0.25) is 0 Å². The van der Waals surface area contributed by atoms with Crippen molar-refractivity contribution in [3.63, 3.8) is 0 Å². The first kappa shape index (κ1) is 12.6. The molecule has 0 aliphatic heterocycles. The molecule has 0 aliphatic carbocycles. The molecule has 0 unspecified atom stereocenters. The second kappa shape index (κ2) is 6.16. The predicted molar refractivity (Wildman–Crippen MR) is 74.0 cm³/mol. The largest absolute Gasteiger partial charge is 0.368 e. The molecule has 0 aliphatic rings. The van der Waals surface area contributed by atoms with Gasteiger partial charge in [0.2, 0.25) is 0 Å². The summed E-state index contributed by atoms with van der Waals surface area (Å²) in [6.07, 6.45) is 1.02. The minimum atomic E-state index is -0.149. The van der Waals surface area contributed by atoms with Crippen LogP contribution in [0.4, 0.5) is 5.82 Å². The number of benzene rings is 1. The number of hydrogen-bond acceptors (Lipinski definition) is 4. The number of aromatic amines is 1. The normalized spacial score (nSPS) is 10.7. The van der Waals surface area contributed by atoms with Gasteiger partial charge in [-0.2, -0.15) is 5.10 Å². The van der Waals surface area contributed by atoms with Crippen LogP contribution in [-0.4, -0.2) is 29.8 Å². The first-order valence-corrected chi connectivity index (χ1v) is 6.25. The lowest BCUT2D eigenvalue weighted by molar-refractivity contribution is 0.688. The van der Waals surface area contributed by atoms with E-state index in [2.05, 4.69) is 27.8 Å². The van der Waals surface area contributed by atoms with E-state index in [1.54, 1.807) is 6.07 Å². The van der Waals surface area contributed by atoms with Gasteiger partial charge in [-0.15, -0.1) is 0 Å². The fourth-order valence-corrected chi connectivity index (χ4v) is 1.85. The fourth-order valence-electron chi connectivity index (χ4n) is 1.85. The fraction of sp³-hybridized carbons (Fsp3) is 0.385. The molecule has 0 atom stereocenters. The van der Waals surface area contributed by atoms with E-state index in [-0.39, 0.29) is 5.56 Å². The summed E-state index contributed by atoms with van der Waals surface area (Å²) in [5, 5.41) is 14.6. The Hall–Kier alpha value is -1.88. The maximum Gasteiger partial charge on any atom is 0.272 e. The third kappa shape index (κ3) is 2.87. The summed E-state index contributed by atoms with van der Waals surface area (Å²) in [7, 11) is 0. The monoisotopic (exact) mass is 246 g/mol. The van der Waals surface area contributed by atoms with Crippen molar-refractivity contribution in [2.45, 2.75) is 13.3 Å². The van der Waals surface area contributed by atoms with Crippen LogP contribution in [0, 0.1) is 0 Å². The van der Waals surface area contributed by atoms with E-state index in [1.165, 1.54) is 0 Å². The Morgan fingerprint density at radius 1 is 1.22 bits per heavy atom. The van der Waals surface area contributed by atoms with Crippen molar-refractivity contribution >= 4 is 16.6 Å². The number of aromatic nitrogens is 2. The van der Waals surface area contributed by atoms with E-state index in [0.717, 1.165) is 37.3 Å². The summed E-state index contributed by atoms with van der Waals surface area (Å²) in [5.74, 6) is 0.738. The molecule has 18 heavy (non-hydrogen) atoms. The maximum absolute atomic E-state index is 11.6. The van der Waals surface area contributed by atoms with Crippen molar-refractivity contribution in [3.05, 3.63) is 34.6 Å². The van der Waals surface area contributed by atoms with Gasteiger partial charge >= 0.3 is 0 Å². The van der Waals surface area contributed by atoms with Gasteiger partial charge in [-0.25, -0.2) is 5.10 Å². The standard InChI is InChI=1S/C13H18N4O/c1-2-14-8-5-9-15-12-10-6-3-4-7-11(10)13(18)17-16-12/h3-4,6-7,14H,2,5,8-9H2,1H3,(H,15,16)(H,17,18). The molecule has 2 aromatic rings. The van der Waals surface area contributed by atoms with Crippen molar-refractivity contribution in [1.29, 1.82) is 0 Å². The van der Waals surface area contributed by atoms with Gasteiger partial charge in [0.25, 0.3) is 5.56 Å². The Balaban J connectivity index is 2.09. The average Bonchev–Trinajstić information content (AvgIpc) is 2.41.